The van der Waals surface area contributed by atoms with Gasteiger partial charge in [0.25, 0.3) is 0 Å². The number of nitro benzene ring substituents is 1. The van der Waals surface area contributed by atoms with Crippen LogP contribution in [0.4, 0.5) is 5.69 Å². The first kappa shape index (κ1) is 19.6. The Hall–Kier alpha value is -3.73. The summed E-state index contributed by atoms with van der Waals surface area (Å²) in [5.41, 5.74) is 0.633. The zero-order valence-electron chi connectivity index (χ0n) is 15.1. The van der Waals surface area contributed by atoms with Gasteiger partial charge in [-0.1, -0.05) is 0 Å². The number of hydrogen-bond acceptors (Lipinski definition) is 7. The van der Waals surface area contributed by atoms with Crippen LogP contribution < -0.4 is 14.2 Å². The molecule has 0 saturated heterocycles. The fourth-order valence-electron chi connectivity index (χ4n) is 2.45. The van der Waals surface area contributed by atoms with Gasteiger partial charge in [0, 0.05) is 6.07 Å². The number of nitrogens with zero attached hydrogens (tertiary/aromatic N) is 2. The highest BCUT2D eigenvalue weighted by Gasteiger charge is 2.20. The first-order valence-corrected chi connectivity index (χ1v) is 7.93. The Morgan fingerprint density at radius 1 is 1.22 bits per heavy atom. The number of nitro groups is 1. The molecule has 0 aliphatic carbocycles. The van der Waals surface area contributed by atoms with E-state index in [1.54, 1.807) is 25.1 Å². The number of aromatic hydroxyl groups is 1. The summed E-state index contributed by atoms with van der Waals surface area (Å²) < 4.78 is 15.7. The molecule has 0 aromatic heterocycles. The van der Waals surface area contributed by atoms with Crippen molar-refractivity contribution in [3.63, 3.8) is 0 Å². The molecule has 1 N–H and O–H groups in total. The minimum atomic E-state index is -0.711. The van der Waals surface area contributed by atoms with Gasteiger partial charge in [0.15, 0.2) is 17.2 Å². The lowest BCUT2D eigenvalue weighted by Gasteiger charge is -2.10. The average Bonchev–Trinajstić information content (AvgIpc) is 2.67. The smallest absolute Gasteiger partial charge is 0.315 e. The van der Waals surface area contributed by atoms with E-state index in [9.17, 15) is 20.5 Å². The monoisotopic (exact) mass is 370 g/mol. The van der Waals surface area contributed by atoms with E-state index in [4.69, 9.17) is 14.2 Å². The molecule has 0 atom stereocenters. The molecule has 0 amide bonds. The van der Waals surface area contributed by atoms with E-state index >= 15 is 0 Å². The molecule has 0 radical (unpaired) electrons. The van der Waals surface area contributed by atoms with Crippen molar-refractivity contribution in [3.8, 4) is 29.1 Å². The molecule has 0 heterocycles. The van der Waals surface area contributed by atoms with Crippen LogP contribution >= 0.6 is 0 Å². The SMILES string of the molecule is CCOc1cc(/C=C(\C#N)c2ccc(OC)c(OC)c2)cc([N+](=O)[O-])c1O. The molecular weight excluding hydrogens is 352 g/mol. The van der Waals surface area contributed by atoms with Crippen LogP contribution in [0, 0.1) is 21.4 Å². The summed E-state index contributed by atoms with van der Waals surface area (Å²) in [7, 11) is 2.98. The molecule has 0 spiro atoms. The topological polar surface area (TPSA) is 115 Å². The molecule has 2 aromatic carbocycles. The fourth-order valence-corrected chi connectivity index (χ4v) is 2.45. The summed E-state index contributed by atoms with van der Waals surface area (Å²) in [4.78, 5) is 10.5. The van der Waals surface area contributed by atoms with E-state index in [1.165, 1.54) is 32.4 Å². The molecule has 2 rings (SSSR count). The number of phenolic OH excluding ortho intramolecular Hbond substituents is 1. The second-order valence-corrected chi connectivity index (χ2v) is 5.32. The molecule has 140 valence electrons. The first-order valence-electron chi connectivity index (χ1n) is 7.93. The second kappa shape index (κ2) is 8.58. The molecule has 0 fully saturated rings. The number of methoxy groups -OCH3 is 2. The van der Waals surface area contributed by atoms with E-state index in [1.807, 2.05) is 0 Å². The number of benzene rings is 2. The van der Waals surface area contributed by atoms with Gasteiger partial charge in [-0.3, -0.25) is 10.1 Å². The van der Waals surface area contributed by atoms with Crippen molar-refractivity contribution in [1.82, 2.24) is 0 Å². The maximum absolute atomic E-state index is 11.2. The molecule has 0 aliphatic rings. The molecule has 8 nitrogen and oxygen atoms in total. The third-order valence-electron chi connectivity index (χ3n) is 3.70. The van der Waals surface area contributed by atoms with Gasteiger partial charge in [-0.25, -0.2) is 0 Å². The summed E-state index contributed by atoms with van der Waals surface area (Å²) in [6, 6.07) is 9.64. The standard InChI is InChI=1S/C19H18N2O6/c1-4-27-18-9-12(8-15(19(18)22)21(23)24)7-14(11-20)13-5-6-16(25-2)17(10-13)26-3/h5-10,22H,4H2,1-3H3/b14-7+. The number of nitriles is 1. The van der Waals surface area contributed by atoms with E-state index in [2.05, 4.69) is 6.07 Å². The second-order valence-electron chi connectivity index (χ2n) is 5.32. The van der Waals surface area contributed by atoms with Crippen LogP contribution in [0.1, 0.15) is 18.1 Å². The van der Waals surface area contributed by atoms with Crippen molar-refractivity contribution in [2.24, 2.45) is 0 Å². The maximum Gasteiger partial charge on any atom is 0.315 e. The lowest BCUT2D eigenvalue weighted by atomic mass is 10.0. The number of allylic oxidation sites excluding steroid dienone is 1. The Kier molecular flexibility index (Phi) is 6.23. The Morgan fingerprint density at radius 2 is 1.93 bits per heavy atom. The molecule has 27 heavy (non-hydrogen) atoms. The summed E-state index contributed by atoms with van der Waals surface area (Å²) >= 11 is 0. The third-order valence-corrected chi connectivity index (χ3v) is 3.70. The van der Waals surface area contributed by atoms with Crippen LogP contribution in [0.5, 0.6) is 23.0 Å². The predicted octanol–water partition coefficient (Wildman–Crippen LogP) is 3.78. The van der Waals surface area contributed by atoms with Gasteiger partial charge in [0.05, 0.1) is 37.4 Å². The summed E-state index contributed by atoms with van der Waals surface area (Å²) in [6.45, 7) is 1.91. The van der Waals surface area contributed by atoms with Crippen molar-refractivity contribution in [3.05, 3.63) is 51.6 Å². The van der Waals surface area contributed by atoms with Crippen LogP contribution in [0.25, 0.3) is 11.6 Å². The van der Waals surface area contributed by atoms with E-state index in [0.29, 0.717) is 22.6 Å². The van der Waals surface area contributed by atoms with Crippen molar-refractivity contribution >= 4 is 17.3 Å². The van der Waals surface area contributed by atoms with Crippen LogP contribution in [0.2, 0.25) is 0 Å². The molecule has 0 aliphatic heterocycles. The van der Waals surface area contributed by atoms with Gasteiger partial charge in [0.2, 0.25) is 5.75 Å². The molecule has 2 aromatic rings. The summed E-state index contributed by atoms with van der Waals surface area (Å²) in [5, 5.41) is 30.7. The van der Waals surface area contributed by atoms with Crippen LogP contribution in [-0.2, 0) is 0 Å². The molecule has 8 heteroatoms. The minimum Gasteiger partial charge on any atom is -0.500 e. The normalized spacial score (nSPS) is 10.8. The third kappa shape index (κ3) is 4.27. The number of ether oxygens (including phenoxy) is 3. The van der Waals surface area contributed by atoms with Crippen molar-refractivity contribution < 1.29 is 24.2 Å². The lowest BCUT2D eigenvalue weighted by molar-refractivity contribution is -0.386. The zero-order chi connectivity index (χ0) is 20.0. The zero-order valence-corrected chi connectivity index (χ0v) is 15.1. The van der Waals surface area contributed by atoms with Crippen LogP contribution in [0.15, 0.2) is 30.3 Å². The Labute approximate surface area is 156 Å². The highest BCUT2D eigenvalue weighted by atomic mass is 16.6. The Morgan fingerprint density at radius 3 is 2.48 bits per heavy atom. The average molecular weight is 370 g/mol. The van der Waals surface area contributed by atoms with Crippen molar-refractivity contribution in [2.45, 2.75) is 6.92 Å². The van der Waals surface area contributed by atoms with Gasteiger partial charge < -0.3 is 19.3 Å². The highest BCUT2D eigenvalue weighted by Crippen LogP contribution is 2.38. The van der Waals surface area contributed by atoms with Crippen molar-refractivity contribution in [1.29, 1.82) is 5.26 Å². The quantitative estimate of drug-likeness (QED) is 0.341. The lowest BCUT2D eigenvalue weighted by Crippen LogP contribution is -1.96. The Bertz CT molecular complexity index is 931. The number of hydrogen-bond donors (Lipinski definition) is 1. The molecular formula is C19H18N2O6. The largest absolute Gasteiger partial charge is 0.500 e. The predicted molar refractivity (Wildman–Crippen MR) is 99.0 cm³/mol. The van der Waals surface area contributed by atoms with Gasteiger partial charge in [-0.15, -0.1) is 0 Å². The van der Waals surface area contributed by atoms with Crippen molar-refractivity contribution in [2.75, 3.05) is 20.8 Å². The van der Waals surface area contributed by atoms with Crippen LogP contribution in [-0.4, -0.2) is 30.9 Å². The first-order chi connectivity index (χ1) is 12.9. The van der Waals surface area contributed by atoms with Gasteiger partial charge in [-0.05, 0) is 48.4 Å². The number of rotatable bonds is 7. The Balaban J connectivity index is 2.58. The minimum absolute atomic E-state index is 0.0254. The molecule has 0 unspecified atom stereocenters. The van der Waals surface area contributed by atoms with Gasteiger partial charge >= 0.3 is 5.69 Å². The molecule has 0 bridgehead atoms. The van der Waals surface area contributed by atoms with E-state index in [0.717, 1.165) is 0 Å². The van der Waals surface area contributed by atoms with Gasteiger partial charge in [0.1, 0.15) is 0 Å². The maximum atomic E-state index is 11.2. The van der Waals surface area contributed by atoms with E-state index in [-0.39, 0.29) is 17.9 Å². The summed E-state index contributed by atoms with van der Waals surface area (Å²) in [6.07, 6.45) is 1.47. The molecule has 0 saturated carbocycles. The number of phenols is 1. The van der Waals surface area contributed by atoms with Crippen LogP contribution in [0.3, 0.4) is 0 Å². The van der Waals surface area contributed by atoms with E-state index < -0.39 is 16.4 Å². The summed E-state index contributed by atoms with van der Waals surface area (Å²) in [5.74, 6) is 0.381. The van der Waals surface area contributed by atoms with Gasteiger partial charge in [-0.2, -0.15) is 5.26 Å². The highest BCUT2D eigenvalue weighted by molar-refractivity contribution is 5.91. The fraction of sp³-hybridized carbons (Fsp3) is 0.211.